The van der Waals surface area contributed by atoms with Crippen molar-refractivity contribution in [3.63, 3.8) is 0 Å². The number of hydrogen-bond acceptors (Lipinski definition) is 7. The first-order chi connectivity index (χ1) is 22.6. The fourth-order valence-corrected chi connectivity index (χ4v) is 6.50. The Bertz CT molecular complexity index is 1600. The van der Waals surface area contributed by atoms with Gasteiger partial charge in [0.15, 0.2) is 0 Å². The number of methoxy groups -OCH3 is 2. The van der Waals surface area contributed by atoms with Crippen molar-refractivity contribution in [1.82, 2.24) is 20.4 Å². The number of anilines is 1. The predicted octanol–water partition coefficient (Wildman–Crippen LogP) is 3.55. The number of aryl methyl sites for hydroxylation is 2. The zero-order valence-corrected chi connectivity index (χ0v) is 27.1. The number of rotatable bonds is 10. The molecule has 0 aromatic heterocycles. The van der Waals surface area contributed by atoms with Gasteiger partial charge in [-0.25, -0.2) is 9.59 Å². The Hall–Kier alpha value is -5.26. The number of amides is 4. The summed E-state index contributed by atoms with van der Waals surface area (Å²) in [4.78, 5) is 58.2. The molecule has 12 nitrogen and oxygen atoms in total. The maximum Gasteiger partial charge on any atom is 0.328 e. The molecule has 3 N–H and O–H groups in total. The Morgan fingerprint density at radius 1 is 0.894 bits per heavy atom. The molecule has 0 radical (unpaired) electrons. The van der Waals surface area contributed by atoms with Crippen LogP contribution in [-0.2, 0) is 16.1 Å². The third-order valence-corrected chi connectivity index (χ3v) is 9.17. The average molecular weight is 644 g/mol. The van der Waals surface area contributed by atoms with Crippen LogP contribution in [0, 0.1) is 13.8 Å². The minimum atomic E-state index is -1.42. The number of aliphatic carboxylic acids is 1. The molecule has 12 heteroatoms. The second kappa shape index (κ2) is 14.0. The summed E-state index contributed by atoms with van der Waals surface area (Å²) in [5.41, 5.74) is 3.57. The second-order valence-electron chi connectivity index (χ2n) is 11.9. The number of nitrogens with one attached hydrogen (secondary N) is 2. The van der Waals surface area contributed by atoms with Crippen molar-refractivity contribution in [2.75, 3.05) is 45.4 Å². The number of urea groups is 1. The zero-order chi connectivity index (χ0) is 33.7. The lowest BCUT2D eigenvalue weighted by atomic mass is 9.85. The lowest BCUT2D eigenvalue weighted by molar-refractivity contribution is -0.139. The lowest BCUT2D eigenvalue weighted by Gasteiger charge is -2.43. The van der Waals surface area contributed by atoms with Crippen LogP contribution in [0.3, 0.4) is 0 Å². The van der Waals surface area contributed by atoms with Crippen LogP contribution in [-0.4, -0.2) is 90.8 Å². The van der Waals surface area contributed by atoms with Crippen molar-refractivity contribution in [2.45, 2.75) is 44.8 Å². The van der Waals surface area contributed by atoms with Crippen LogP contribution in [0.4, 0.5) is 10.5 Å². The van der Waals surface area contributed by atoms with Crippen molar-refractivity contribution in [3.05, 3.63) is 89.0 Å². The minimum absolute atomic E-state index is 0.0319. The van der Waals surface area contributed by atoms with E-state index in [1.807, 2.05) is 41.3 Å². The first kappa shape index (κ1) is 33.1. The maximum absolute atomic E-state index is 14.2. The van der Waals surface area contributed by atoms with Gasteiger partial charge in [0.2, 0.25) is 5.91 Å². The van der Waals surface area contributed by atoms with Crippen molar-refractivity contribution in [2.24, 2.45) is 0 Å². The van der Waals surface area contributed by atoms with Gasteiger partial charge >= 0.3 is 12.0 Å². The first-order valence-corrected chi connectivity index (χ1v) is 15.5. The van der Waals surface area contributed by atoms with Gasteiger partial charge in [-0.2, -0.15) is 0 Å². The number of carboxylic acid groups (broad SMARTS) is 1. The summed E-state index contributed by atoms with van der Waals surface area (Å²) in [6, 6.07) is 18.8. The molecule has 0 bridgehead atoms. The van der Waals surface area contributed by atoms with E-state index < -0.39 is 29.5 Å². The molecule has 3 aromatic rings. The highest BCUT2D eigenvalue weighted by Crippen LogP contribution is 2.40. The maximum atomic E-state index is 14.2. The highest BCUT2D eigenvalue weighted by Gasteiger charge is 2.54. The molecule has 248 valence electrons. The molecule has 2 saturated heterocycles. The Balaban J connectivity index is 1.26. The number of carbonyl (C=O) groups excluding carboxylic acids is 3. The smallest absolute Gasteiger partial charge is 0.328 e. The number of ether oxygens (including phenoxy) is 2. The molecule has 4 amide bonds. The van der Waals surface area contributed by atoms with Gasteiger partial charge in [-0.05, 0) is 67.6 Å². The Labute approximate surface area is 274 Å². The fraction of sp³-hybridized carbons (Fsp3) is 0.371. The van der Waals surface area contributed by atoms with Crippen molar-refractivity contribution >= 4 is 29.5 Å². The first-order valence-electron chi connectivity index (χ1n) is 15.5. The standard InChI is InChI=1S/C35H41N5O7/c1-23-10-8-11-24(2)26(23)21-39-22-40(25-12-6-5-7-13-25)35(33(39)44)16-18-38(19-17-35)34(45)36-20-27(32(42)43)37-31(41)30-28(46-3)14-9-15-29(30)47-4/h5-15,27H,16-22H2,1-4H3,(H,36,45)(H,37,41)(H,42,43). The quantitative estimate of drug-likeness (QED) is 0.305. The third-order valence-electron chi connectivity index (χ3n) is 9.17. The van der Waals surface area contributed by atoms with E-state index in [0.29, 0.717) is 39.1 Å². The molecule has 5 rings (SSSR count). The highest BCUT2D eigenvalue weighted by molar-refractivity contribution is 6.01. The van der Waals surface area contributed by atoms with E-state index in [2.05, 4.69) is 41.5 Å². The summed E-state index contributed by atoms with van der Waals surface area (Å²) >= 11 is 0. The fourth-order valence-electron chi connectivity index (χ4n) is 6.50. The van der Waals surface area contributed by atoms with Gasteiger partial charge in [-0.15, -0.1) is 0 Å². The van der Waals surface area contributed by atoms with E-state index in [9.17, 15) is 24.3 Å². The summed E-state index contributed by atoms with van der Waals surface area (Å²) in [6.07, 6.45) is 0.814. The third kappa shape index (κ3) is 6.67. The molecule has 1 unspecified atom stereocenters. The number of carboxylic acids is 1. The molecule has 0 saturated carbocycles. The number of carbonyl (C=O) groups is 4. The number of para-hydroxylation sites is 1. The Kier molecular flexibility index (Phi) is 9.88. The average Bonchev–Trinajstić information content (AvgIpc) is 3.34. The predicted molar refractivity (Wildman–Crippen MR) is 176 cm³/mol. The van der Waals surface area contributed by atoms with E-state index in [4.69, 9.17) is 9.47 Å². The normalized spacial score (nSPS) is 16.2. The van der Waals surface area contributed by atoms with Gasteiger partial charge in [0.1, 0.15) is 28.6 Å². The van der Waals surface area contributed by atoms with Crippen LogP contribution in [0.25, 0.3) is 0 Å². The highest BCUT2D eigenvalue weighted by atomic mass is 16.5. The zero-order valence-electron chi connectivity index (χ0n) is 27.1. The minimum Gasteiger partial charge on any atom is -0.496 e. The van der Waals surface area contributed by atoms with E-state index in [1.165, 1.54) is 14.2 Å². The van der Waals surface area contributed by atoms with E-state index in [-0.39, 0.29) is 29.5 Å². The Morgan fingerprint density at radius 3 is 2.06 bits per heavy atom. The molecule has 1 atom stereocenters. The molecule has 0 aliphatic carbocycles. The van der Waals surface area contributed by atoms with Crippen LogP contribution in [0.1, 0.15) is 39.9 Å². The molecule has 2 heterocycles. The van der Waals surface area contributed by atoms with Gasteiger partial charge in [0, 0.05) is 25.3 Å². The molecule has 47 heavy (non-hydrogen) atoms. The van der Waals surface area contributed by atoms with E-state index in [1.54, 1.807) is 23.1 Å². The van der Waals surface area contributed by atoms with Gasteiger partial charge in [-0.1, -0.05) is 42.5 Å². The van der Waals surface area contributed by atoms with Crippen molar-refractivity contribution < 1.29 is 33.8 Å². The number of benzene rings is 3. The lowest BCUT2D eigenvalue weighted by Crippen LogP contribution is -2.59. The topological polar surface area (TPSA) is 141 Å². The molecule has 2 aliphatic rings. The SMILES string of the molecule is COc1cccc(OC)c1C(=O)NC(CNC(=O)N1CCC2(CC1)C(=O)N(Cc1c(C)cccc1C)CN2c1ccccc1)C(=O)O. The Morgan fingerprint density at radius 2 is 1.49 bits per heavy atom. The molecular formula is C35H41N5O7. The monoisotopic (exact) mass is 643 g/mol. The number of nitrogens with zero attached hydrogens (tertiary/aromatic N) is 3. The van der Waals surface area contributed by atoms with Crippen molar-refractivity contribution in [3.8, 4) is 11.5 Å². The summed E-state index contributed by atoms with van der Waals surface area (Å²) in [5, 5.41) is 14.9. The van der Waals surface area contributed by atoms with Crippen LogP contribution in [0.5, 0.6) is 11.5 Å². The van der Waals surface area contributed by atoms with E-state index >= 15 is 0 Å². The number of likely N-dealkylation sites (tertiary alicyclic amines) is 1. The molecule has 1 spiro atoms. The summed E-state index contributed by atoms with van der Waals surface area (Å²) in [6.45, 7) is 5.27. The van der Waals surface area contributed by atoms with E-state index in [0.717, 1.165) is 22.4 Å². The van der Waals surface area contributed by atoms with Crippen molar-refractivity contribution in [1.29, 1.82) is 0 Å². The largest absolute Gasteiger partial charge is 0.496 e. The second-order valence-corrected chi connectivity index (χ2v) is 11.9. The van der Waals surface area contributed by atoms with Gasteiger partial charge in [0.25, 0.3) is 5.91 Å². The summed E-state index contributed by atoms with van der Waals surface area (Å²) in [5.74, 6) is -1.56. The number of piperidine rings is 1. The van der Waals surface area contributed by atoms with Gasteiger partial charge in [0.05, 0.1) is 27.4 Å². The van der Waals surface area contributed by atoms with Crippen LogP contribution >= 0.6 is 0 Å². The van der Waals surface area contributed by atoms with Crippen LogP contribution < -0.4 is 25.0 Å². The number of hydrogen-bond donors (Lipinski definition) is 3. The van der Waals surface area contributed by atoms with Crippen LogP contribution in [0.2, 0.25) is 0 Å². The van der Waals surface area contributed by atoms with Gasteiger partial charge < -0.3 is 39.9 Å². The van der Waals surface area contributed by atoms with Gasteiger partial charge in [-0.3, -0.25) is 9.59 Å². The van der Waals surface area contributed by atoms with Crippen LogP contribution in [0.15, 0.2) is 66.7 Å². The molecule has 2 fully saturated rings. The molecular weight excluding hydrogens is 602 g/mol. The molecule has 3 aromatic carbocycles. The molecule has 2 aliphatic heterocycles. The summed E-state index contributed by atoms with van der Waals surface area (Å²) < 4.78 is 10.5. The summed E-state index contributed by atoms with van der Waals surface area (Å²) in [7, 11) is 2.79.